The molecule has 0 fully saturated rings. The van der Waals surface area contributed by atoms with Crippen molar-refractivity contribution in [1.29, 1.82) is 0 Å². The van der Waals surface area contributed by atoms with Crippen molar-refractivity contribution in [2.45, 2.75) is 40.5 Å². The lowest BCUT2D eigenvalue weighted by atomic mass is 9.86. The van der Waals surface area contributed by atoms with E-state index in [1.54, 1.807) is 6.08 Å². The summed E-state index contributed by atoms with van der Waals surface area (Å²) in [6.45, 7) is 11.5. The van der Waals surface area contributed by atoms with Gasteiger partial charge < -0.3 is 0 Å². The van der Waals surface area contributed by atoms with Crippen molar-refractivity contribution in [1.82, 2.24) is 0 Å². The Balaban J connectivity index is 0.000000615. The maximum atomic E-state index is 3.36. The number of benzene rings is 2. The highest BCUT2D eigenvalue weighted by Crippen LogP contribution is 2.35. The third-order valence-electron chi connectivity index (χ3n) is 3.98. The van der Waals surface area contributed by atoms with E-state index < -0.39 is 0 Å². The zero-order chi connectivity index (χ0) is 19.2. The summed E-state index contributed by atoms with van der Waals surface area (Å²) < 4.78 is 0. The van der Waals surface area contributed by atoms with E-state index in [-0.39, 0.29) is 0 Å². The average Bonchev–Trinajstić information content (AvgIpc) is 2.72. The van der Waals surface area contributed by atoms with E-state index in [0.29, 0.717) is 0 Å². The first kappa shape index (κ1) is 21.4. The van der Waals surface area contributed by atoms with Crippen molar-refractivity contribution in [3.8, 4) is 0 Å². The summed E-state index contributed by atoms with van der Waals surface area (Å²) >= 11 is 0. The summed E-state index contributed by atoms with van der Waals surface area (Å²) in [5.41, 5.74) is 6.77. The van der Waals surface area contributed by atoms with Gasteiger partial charge in [-0.25, -0.2) is 0 Å². The summed E-state index contributed by atoms with van der Waals surface area (Å²) in [5.74, 6) is 0. The van der Waals surface area contributed by atoms with Gasteiger partial charge in [0.15, 0.2) is 0 Å². The normalized spacial score (nSPS) is 13.2. The van der Waals surface area contributed by atoms with Gasteiger partial charge in [0.25, 0.3) is 0 Å². The maximum Gasteiger partial charge on any atom is -0.0117 e. The molecule has 0 radical (unpaired) electrons. The van der Waals surface area contributed by atoms with Crippen molar-refractivity contribution in [2.75, 3.05) is 0 Å². The Morgan fingerprint density at radius 2 is 1.38 bits per heavy atom. The molecule has 0 aromatic heterocycles. The average molecular weight is 345 g/mol. The molecule has 2 aromatic carbocycles. The Bertz CT molecular complexity index is 728. The Morgan fingerprint density at radius 1 is 0.885 bits per heavy atom. The summed E-state index contributed by atoms with van der Waals surface area (Å²) in [6, 6.07) is 21.4. The lowest BCUT2D eigenvalue weighted by molar-refractivity contribution is 0.996. The smallest absolute Gasteiger partial charge is 0.0117 e. The highest BCUT2D eigenvalue weighted by Gasteiger charge is 2.13. The molecule has 0 N–H and O–H groups in total. The van der Waals surface area contributed by atoms with Crippen LogP contribution in [0.1, 0.15) is 51.7 Å². The molecule has 0 amide bonds. The summed E-state index contributed by atoms with van der Waals surface area (Å²) in [5, 5.41) is 0. The lowest BCUT2D eigenvalue weighted by Crippen LogP contribution is -1.96. The maximum absolute atomic E-state index is 3.36. The fourth-order valence-electron chi connectivity index (χ4n) is 2.89. The molecule has 0 saturated carbocycles. The lowest BCUT2D eigenvalue weighted by Gasteiger charge is -2.18. The molecule has 0 atom stereocenters. The van der Waals surface area contributed by atoms with Crippen LogP contribution >= 0.6 is 0 Å². The van der Waals surface area contributed by atoms with Crippen LogP contribution in [0, 0.1) is 0 Å². The molecule has 136 valence electrons. The van der Waals surface area contributed by atoms with E-state index >= 15 is 0 Å². The van der Waals surface area contributed by atoms with Gasteiger partial charge in [0.2, 0.25) is 0 Å². The molecule has 0 aliphatic heterocycles. The van der Waals surface area contributed by atoms with E-state index in [4.69, 9.17) is 0 Å². The van der Waals surface area contributed by atoms with Crippen LogP contribution < -0.4 is 0 Å². The van der Waals surface area contributed by atoms with Crippen LogP contribution in [0.3, 0.4) is 0 Å². The van der Waals surface area contributed by atoms with Crippen LogP contribution in [0.25, 0.3) is 11.1 Å². The highest BCUT2D eigenvalue weighted by molar-refractivity contribution is 5.97. The zero-order valence-electron chi connectivity index (χ0n) is 16.7. The minimum absolute atomic E-state index is 1.12. The molecule has 0 heterocycles. The molecular weight excluding hydrogens is 312 g/mol. The molecule has 0 unspecified atom stereocenters. The number of hydrogen-bond donors (Lipinski definition) is 0. The minimum Gasteiger partial charge on any atom is -0.103 e. The number of allylic oxidation sites excluding steroid dienone is 7. The van der Waals surface area contributed by atoms with Gasteiger partial charge in [0.1, 0.15) is 0 Å². The minimum atomic E-state index is 1.12. The molecule has 2 aromatic rings. The number of hydrogen-bond acceptors (Lipinski definition) is 0. The zero-order valence-corrected chi connectivity index (χ0v) is 16.7. The van der Waals surface area contributed by atoms with Gasteiger partial charge in [0, 0.05) is 0 Å². The van der Waals surface area contributed by atoms with Gasteiger partial charge in [-0.3, -0.25) is 0 Å². The Hall–Kier alpha value is -2.60. The molecule has 1 aliphatic carbocycles. The topological polar surface area (TPSA) is 0 Å². The van der Waals surface area contributed by atoms with Gasteiger partial charge in [-0.2, -0.15) is 0 Å². The molecule has 0 nitrogen and oxygen atoms in total. The predicted molar refractivity (Wildman–Crippen MR) is 119 cm³/mol. The monoisotopic (exact) mass is 344 g/mol. The molecule has 0 bridgehead atoms. The van der Waals surface area contributed by atoms with Crippen LogP contribution in [0.5, 0.6) is 0 Å². The summed E-state index contributed by atoms with van der Waals surface area (Å²) in [6.07, 6.45) is 10.7. The van der Waals surface area contributed by atoms with Crippen LogP contribution in [0.2, 0.25) is 0 Å². The Labute approximate surface area is 160 Å². The van der Waals surface area contributed by atoms with Crippen molar-refractivity contribution in [3.63, 3.8) is 0 Å². The van der Waals surface area contributed by atoms with Gasteiger partial charge in [0.05, 0.1) is 0 Å². The summed E-state index contributed by atoms with van der Waals surface area (Å²) in [7, 11) is 0. The molecule has 1 aliphatic rings. The van der Waals surface area contributed by atoms with E-state index in [1.165, 1.54) is 27.8 Å². The first-order chi connectivity index (χ1) is 12.8. The molecule has 0 heteroatoms. The van der Waals surface area contributed by atoms with Crippen LogP contribution in [-0.2, 0) is 0 Å². The molecular formula is C26H32. The van der Waals surface area contributed by atoms with Crippen molar-refractivity contribution in [3.05, 3.63) is 108 Å². The third kappa shape index (κ3) is 6.37. The first-order valence-corrected chi connectivity index (χ1v) is 9.52. The molecule has 26 heavy (non-hydrogen) atoms. The molecule has 0 spiro atoms. The standard InChI is InChI=1S/C21H20.C3H6.C2H6/c1-17(18-11-5-2-6-12-18)21(19-13-7-3-8-14-19)20-15-9-4-10-16-20;1-3-2;1-2/h2-9,11-15H,10,16H2,1H3;3H,1H2,2H3;1-2H3/b21-17+;;. The SMILES string of the molecule is C/C(=C(\C1=CC=CCC1)c1ccccc1)c1ccccc1.C=CC.CC. The van der Waals surface area contributed by atoms with Crippen LogP contribution in [0.4, 0.5) is 0 Å². The van der Waals surface area contributed by atoms with E-state index in [2.05, 4.69) is 92.4 Å². The van der Waals surface area contributed by atoms with Gasteiger partial charge in [-0.15, -0.1) is 6.58 Å². The second-order valence-electron chi connectivity index (χ2n) is 5.80. The van der Waals surface area contributed by atoms with E-state index in [0.717, 1.165) is 12.8 Å². The fourth-order valence-corrected chi connectivity index (χ4v) is 2.89. The van der Waals surface area contributed by atoms with Crippen molar-refractivity contribution in [2.24, 2.45) is 0 Å². The van der Waals surface area contributed by atoms with Crippen LogP contribution in [-0.4, -0.2) is 0 Å². The summed E-state index contributed by atoms with van der Waals surface area (Å²) in [4.78, 5) is 0. The highest BCUT2D eigenvalue weighted by atomic mass is 14.2. The van der Waals surface area contributed by atoms with Crippen molar-refractivity contribution < 1.29 is 0 Å². The fraction of sp³-hybridized carbons (Fsp3) is 0.231. The van der Waals surface area contributed by atoms with Gasteiger partial charge in [-0.1, -0.05) is 98.8 Å². The third-order valence-corrected chi connectivity index (χ3v) is 3.98. The van der Waals surface area contributed by atoms with E-state index in [9.17, 15) is 0 Å². The first-order valence-electron chi connectivity index (χ1n) is 9.52. The van der Waals surface area contributed by atoms with E-state index in [1.807, 2.05) is 20.8 Å². The van der Waals surface area contributed by atoms with Gasteiger partial charge in [-0.05, 0) is 54.5 Å². The number of rotatable bonds is 3. The Kier molecular flexibility index (Phi) is 10.5. The van der Waals surface area contributed by atoms with Crippen molar-refractivity contribution >= 4 is 11.1 Å². The molecule has 3 rings (SSSR count). The second-order valence-corrected chi connectivity index (χ2v) is 5.80. The predicted octanol–water partition coefficient (Wildman–Crippen LogP) is 8.11. The second kappa shape index (κ2) is 12.7. The molecule has 0 saturated heterocycles. The van der Waals surface area contributed by atoms with Gasteiger partial charge >= 0.3 is 0 Å². The largest absolute Gasteiger partial charge is 0.103 e. The Morgan fingerprint density at radius 3 is 1.85 bits per heavy atom. The van der Waals surface area contributed by atoms with Crippen LogP contribution in [0.15, 0.2) is 97.1 Å². The quantitative estimate of drug-likeness (QED) is 0.389.